The molecule has 2 aromatic carbocycles. The van der Waals surface area contributed by atoms with Crippen molar-refractivity contribution in [3.63, 3.8) is 0 Å². The fraction of sp³-hybridized carbons (Fsp3) is 0.0476. The number of carbonyl (C=O) groups is 2. The Morgan fingerprint density at radius 1 is 1.03 bits per heavy atom. The van der Waals surface area contributed by atoms with Crippen LogP contribution < -0.4 is 10.6 Å². The van der Waals surface area contributed by atoms with Crippen LogP contribution in [0.2, 0.25) is 5.02 Å². The lowest BCUT2D eigenvalue weighted by molar-refractivity contribution is -0.123. The minimum atomic E-state index is -0.590. The van der Waals surface area contributed by atoms with Crippen LogP contribution in [0.1, 0.15) is 6.42 Å². The molecule has 0 aliphatic carbocycles. The van der Waals surface area contributed by atoms with Crippen molar-refractivity contribution in [3.8, 4) is 11.3 Å². The summed E-state index contributed by atoms with van der Waals surface area (Å²) in [5.74, 6) is -1.63. The van der Waals surface area contributed by atoms with Crippen molar-refractivity contribution in [3.05, 3.63) is 71.8 Å². The highest BCUT2D eigenvalue weighted by molar-refractivity contribution is 6.31. The van der Waals surface area contributed by atoms with E-state index in [0.717, 1.165) is 28.2 Å². The van der Waals surface area contributed by atoms with E-state index in [1.807, 2.05) is 18.2 Å². The number of fused-ring (bicyclic) bond motifs is 1. The summed E-state index contributed by atoms with van der Waals surface area (Å²) in [7, 11) is 0. The van der Waals surface area contributed by atoms with Gasteiger partial charge in [0, 0.05) is 34.7 Å². The van der Waals surface area contributed by atoms with E-state index in [-0.39, 0.29) is 5.02 Å². The van der Waals surface area contributed by atoms with Gasteiger partial charge in [-0.05, 0) is 48.5 Å². The second kappa shape index (κ2) is 8.30. The Hall–Kier alpha value is -3.78. The zero-order valence-electron chi connectivity index (χ0n) is 15.4. The SMILES string of the molecule is O=C(CC(=O)Nc1ccc2c(-c3cccnc3)n[nH]c2c1)Nc1ccc(F)c(Cl)c1. The van der Waals surface area contributed by atoms with Crippen molar-refractivity contribution in [1.82, 2.24) is 15.2 Å². The number of pyridine rings is 1. The van der Waals surface area contributed by atoms with E-state index in [2.05, 4.69) is 25.8 Å². The lowest BCUT2D eigenvalue weighted by atomic mass is 10.1. The number of aromatic nitrogens is 3. The Morgan fingerprint density at radius 2 is 1.77 bits per heavy atom. The molecule has 7 nitrogen and oxygen atoms in total. The van der Waals surface area contributed by atoms with Crippen LogP contribution in [0.15, 0.2) is 60.9 Å². The Bertz CT molecular complexity index is 1240. The highest BCUT2D eigenvalue weighted by atomic mass is 35.5. The molecule has 0 unspecified atom stereocenters. The third-order valence-electron chi connectivity index (χ3n) is 4.31. The minimum absolute atomic E-state index is 0.115. The average Bonchev–Trinajstić information content (AvgIpc) is 3.14. The van der Waals surface area contributed by atoms with Gasteiger partial charge in [-0.3, -0.25) is 19.7 Å². The molecule has 0 aliphatic rings. The summed E-state index contributed by atoms with van der Waals surface area (Å²) < 4.78 is 13.2. The zero-order valence-corrected chi connectivity index (χ0v) is 16.2. The van der Waals surface area contributed by atoms with Gasteiger partial charge >= 0.3 is 0 Å². The van der Waals surface area contributed by atoms with Crippen molar-refractivity contribution in [2.75, 3.05) is 10.6 Å². The molecule has 2 aromatic heterocycles. The normalized spacial score (nSPS) is 10.7. The van der Waals surface area contributed by atoms with Gasteiger partial charge in [-0.25, -0.2) is 4.39 Å². The fourth-order valence-corrected chi connectivity index (χ4v) is 3.13. The van der Waals surface area contributed by atoms with Crippen molar-refractivity contribution in [2.24, 2.45) is 0 Å². The molecule has 0 saturated carbocycles. The second-order valence-corrected chi connectivity index (χ2v) is 6.88. The van der Waals surface area contributed by atoms with Crippen LogP contribution in [0.3, 0.4) is 0 Å². The van der Waals surface area contributed by atoms with E-state index in [1.54, 1.807) is 24.5 Å². The van der Waals surface area contributed by atoms with E-state index < -0.39 is 24.1 Å². The molecule has 150 valence electrons. The molecule has 0 bridgehead atoms. The molecule has 30 heavy (non-hydrogen) atoms. The van der Waals surface area contributed by atoms with Gasteiger partial charge < -0.3 is 10.6 Å². The highest BCUT2D eigenvalue weighted by Gasteiger charge is 2.13. The first-order valence-corrected chi connectivity index (χ1v) is 9.30. The minimum Gasteiger partial charge on any atom is -0.326 e. The van der Waals surface area contributed by atoms with Crippen LogP contribution in [0.4, 0.5) is 15.8 Å². The summed E-state index contributed by atoms with van der Waals surface area (Å²) >= 11 is 5.68. The van der Waals surface area contributed by atoms with Gasteiger partial charge in [-0.15, -0.1) is 0 Å². The number of nitrogens with one attached hydrogen (secondary N) is 3. The van der Waals surface area contributed by atoms with E-state index in [4.69, 9.17) is 11.6 Å². The van der Waals surface area contributed by atoms with Gasteiger partial charge in [0.25, 0.3) is 0 Å². The quantitative estimate of drug-likeness (QED) is 0.414. The number of H-pyrrole nitrogens is 1. The molecule has 0 aliphatic heterocycles. The number of halogens is 2. The Kier molecular flexibility index (Phi) is 5.40. The molecular formula is C21H15ClFN5O2. The van der Waals surface area contributed by atoms with Gasteiger partial charge in [0.2, 0.25) is 11.8 Å². The summed E-state index contributed by atoms with van der Waals surface area (Å²) in [6.45, 7) is 0. The standard InChI is InChI=1S/C21H15ClFN5O2/c22-16-8-13(4-6-17(16)23)25-19(29)10-20(30)26-14-3-5-15-18(9-14)27-28-21(15)12-2-1-7-24-11-12/h1-9,11H,10H2,(H,25,29)(H,26,30)(H,27,28). The predicted octanol–water partition coefficient (Wildman–Crippen LogP) is 4.38. The fourth-order valence-electron chi connectivity index (χ4n) is 2.95. The van der Waals surface area contributed by atoms with Crippen LogP contribution in [-0.4, -0.2) is 27.0 Å². The zero-order chi connectivity index (χ0) is 21.1. The van der Waals surface area contributed by atoms with Gasteiger partial charge in [-0.2, -0.15) is 5.10 Å². The molecule has 4 rings (SSSR count). The first-order valence-electron chi connectivity index (χ1n) is 8.93. The number of nitrogens with zero attached hydrogens (tertiary/aromatic N) is 2. The maximum atomic E-state index is 13.2. The molecule has 0 saturated heterocycles. The molecule has 0 fully saturated rings. The molecule has 2 amide bonds. The lowest BCUT2D eigenvalue weighted by Gasteiger charge is -2.07. The van der Waals surface area contributed by atoms with E-state index in [0.29, 0.717) is 11.4 Å². The molecule has 4 aromatic rings. The Morgan fingerprint density at radius 3 is 2.47 bits per heavy atom. The number of carbonyl (C=O) groups excluding carboxylic acids is 2. The number of anilines is 2. The van der Waals surface area contributed by atoms with E-state index in [1.165, 1.54) is 12.1 Å². The maximum Gasteiger partial charge on any atom is 0.233 e. The topological polar surface area (TPSA) is 99.8 Å². The molecular weight excluding hydrogens is 409 g/mol. The van der Waals surface area contributed by atoms with Crippen molar-refractivity contribution in [1.29, 1.82) is 0 Å². The number of hydrogen-bond donors (Lipinski definition) is 3. The van der Waals surface area contributed by atoms with Crippen LogP contribution in [0, 0.1) is 5.82 Å². The first-order chi connectivity index (χ1) is 14.5. The summed E-state index contributed by atoms with van der Waals surface area (Å²) in [6, 6.07) is 12.8. The average molecular weight is 424 g/mol. The van der Waals surface area contributed by atoms with E-state index in [9.17, 15) is 14.0 Å². The molecule has 9 heteroatoms. The van der Waals surface area contributed by atoms with Crippen LogP contribution in [0.5, 0.6) is 0 Å². The molecule has 0 atom stereocenters. The predicted molar refractivity (Wildman–Crippen MR) is 113 cm³/mol. The van der Waals surface area contributed by atoms with Crippen molar-refractivity contribution >= 4 is 45.7 Å². The van der Waals surface area contributed by atoms with Gasteiger partial charge in [0.05, 0.1) is 10.5 Å². The molecule has 3 N–H and O–H groups in total. The molecule has 0 radical (unpaired) electrons. The maximum absolute atomic E-state index is 13.2. The van der Waals surface area contributed by atoms with Crippen LogP contribution >= 0.6 is 11.6 Å². The largest absolute Gasteiger partial charge is 0.326 e. The highest BCUT2D eigenvalue weighted by Crippen LogP contribution is 2.27. The van der Waals surface area contributed by atoms with Crippen molar-refractivity contribution < 1.29 is 14.0 Å². The summed E-state index contributed by atoms with van der Waals surface area (Å²) in [5.41, 5.74) is 3.19. The molecule has 0 spiro atoms. The number of rotatable bonds is 5. The second-order valence-electron chi connectivity index (χ2n) is 6.48. The number of amides is 2. The van der Waals surface area contributed by atoms with Crippen LogP contribution in [0.25, 0.3) is 22.2 Å². The first kappa shape index (κ1) is 19.5. The van der Waals surface area contributed by atoms with Gasteiger partial charge in [-0.1, -0.05) is 11.6 Å². The Labute approximate surface area is 175 Å². The monoisotopic (exact) mass is 423 g/mol. The summed E-state index contributed by atoms with van der Waals surface area (Å²) in [4.78, 5) is 28.4. The third-order valence-corrected chi connectivity index (χ3v) is 4.60. The number of hydrogen-bond acceptors (Lipinski definition) is 4. The number of benzene rings is 2. The summed E-state index contributed by atoms with van der Waals surface area (Å²) in [6.07, 6.45) is 3.00. The van der Waals surface area contributed by atoms with Gasteiger partial charge in [0.1, 0.15) is 17.9 Å². The van der Waals surface area contributed by atoms with Gasteiger partial charge in [0.15, 0.2) is 0 Å². The Balaban J connectivity index is 1.41. The smallest absolute Gasteiger partial charge is 0.233 e. The number of aromatic amines is 1. The lowest BCUT2D eigenvalue weighted by Crippen LogP contribution is -2.21. The van der Waals surface area contributed by atoms with E-state index >= 15 is 0 Å². The molecule has 2 heterocycles. The van der Waals surface area contributed by atoms with Crippen molar-refractivity contribution in [2.45, 2.75) is 6.42 Å². The summed E-state index contributed by atoms with van der Waals surface area (Å²) in [5, 5.41) is 13.2. The van der Waals surface area contributed by atoms with Crippen LogP contribution in [-0.2, 0) is 9.59 Å². The third kappa shape index (κ3) is 4.28.